The Hall–Kier alpha value is -2.52. The van der Waals surface area contributed by atoms with Crippen LogP contribution in [0, 0.1) is 0 Å². The Morgan fingerprint density at radius 1 is 1.36 bits per heavy atom. The van der Waals surface area contributed by atoms with Crippen LogP contribution in [0.15, 0.2) is 18.7 Å². The third-order valence-electron chi connectivity index (χ3n) is 4.39. The van der Waals surface area contributed by atoms with Crippen LogP contribution in [0.1, 0.15) is 32.4 Å². The number of aliphatic hydroxyl groups is 1. The van der Waals surface area contributed by atoms with Crippen LogP contribution in [0.4, 0.5) is 5.82 Å². The number of rotatable bonds is 5. The molecule has 1 aliphatic rings. The lowest BCUT2D eigenvalue weighted by atomic mass is 10.2. The van der Waals surface area contributed by atoms with E-state index in [0.29, 0.717) is 22.8 Å². The Kier molecular flexibility index (Phi) is 4.10. The standard InChI is InChI=1S/C16H21N7O2/c1-2-5-22-7-10(6-19-22)15-20-14(17)13-16(21-15)23(9-18-13)12-4-3-11(8-24)25-12/h6-7,9,11-12,24H,2-5,8H2,1H3,(H2,17,20,21). The van der Waals surface area contributed by atoms with Crippen LogP contribution in [0.2, 0.25) is 0 Å². The second-order valence-corrected chi connectivity index (χ2v) is 6.22. The number of aryl methyl sites for hydroxylation is 1. The molecule has 4 rings (SSSR count). The zero-order valence-corrected chi connectivity index (χ0v) is 14.0. The van der Waals surface area contributed by atoms with Gasteiger partial charge < -0.3 is 15.6 Å². The van der Waals surface area contributed by atoms with E-state index in [2.05, 4.69) is 27.0 Å². The summed E-state index contributed by atoms with van der Waals surface area (Å²) < 4.78 is 9.57. The molecule has 0 bridgehead atoms. The minimum Gasteiger partial charge on any atom is -0.394 e. The van der Waals surface area contributed by atoms with Crippen molar-refractivity contribution in [3.63, 3.8) is 0 Å². The van der Waals surface area contributed by atoms with Crippen LogP contribution in [0.3, 0.4) is 0 Å². The molecular formula is C16H21N7O2. The predicted molar refractivity (Wildman–Crippen MR) is 91.5 cm³/mol. The summed E-state index contributed by atoms with van der Waals surface area (Å²) in [4.78, 5) is 13.4. The summed E-state index contributed by atoms with van der Waals surface area (Å²) >= 11 is 0. The molecule has 0 aliphatic carbocycles. The summed E-state index contributed by atoms with van der Waals surface area (Å²) in [5.41, 5.74) is 8.10. The Balaban J connectivity index is 1.73. The summed E-state index contributed by atoms with van der Waals surface area (Å²) in [6.45, 7) is 2.96. The number of nitrogen functional groups attached to an aromatic ring is 1. The van der Waals surface area contributed by atoms with Gasteiger partial charge in [-0.2, -0.15) is 5.10 Å². The molecule has 2 unspecified atom stereocenters. The fourth-order valence-corrected chi connectivity index (χ4v) is 3.13. The zero-order valence-electron chi connectivity index (χ0n) is 14.0. The molecule has 9 nitrogen and oxygen atoms in total. The van der Waals surface area contributed by atoms with Gasteiger partial charge in [-0.1, -0.05) is 6.92 Å². The van der Waals surface area contributed by atoms with Crippen LogP contribution in [-0.4, -0.2) is 47.1 Å². The highest BCUT2D eigenvalue weighted by atomic mass is 16.5. The smallest absolute Gasteiger partial charge is 0.168 e. The summed E-state index contributed by atoms with van der Waals surface area (Å²) in [5.74, 6) is 0.851. The SMILES string of the molecule is CCCn1cc(-c2nc(N)c3ncn(C4CCC(CO)O4)c3n2)cn1. The summed E-state index contributed by atoms with van der Waals surface area (Å²) in [6.07, 6.45) is 7.58. The molecule has 4 heterocycles. The Morgan fingerprint density at radius 2 is 2.24 bits per heavy atom. The number of fused-ring (bicyclic) bond motifs is 1. The van der Waals surface area contributed by atoms with E-state index in [-0.39, 0.29) is 18.9 Å². The molecule has 2 atom stereocenters. The molecule has 132 valence electrons. The number of hydrogen-bond donors (Lipinski definition) is 2. The van der Waals surface area contributed by atoms with Gasteiger partial charge in [0.05, 0.1) is 30.8 Å². The van der Waals surface area contributed by atoms with Crippen molar-refractivity contribution in [1.82, 2.24) is 29.3 Å². The molecule has 3 aromatic rings. The van der Waals surface area contributed by atoms with E-state index in [4.69, 9.17) is 10.5 Å². The molecule has 1 fully saturated rings. The van der Waals surface area contributed by atoms with Gasteiger partial charge in [0, 0.05) is 12.7 Å². The van der Waals surface area contributed by atoms with Crippen LogP contribution >= 0.6 is 0 Å². The average molecular weight is 343 g/mol. The highest BCUT2D eigenvalue weighted by molar-refractivity contribution is 5.83. The number of imidazole rings is 1. The molecule has 0 amide bonds. The van der Waals surface area contributed by atoms with Crippen molar-refractivity contribution in [3.8, 4) is 11.4 Å². The first-order chi connectivity index (χ1) is 12.2. The lowest BCUT2D eigenvalue weighted by Gasteiger charge is -2.14. The summed E-state index contributed by atoms with van der Waals surface area (Å²) in [6, 6.07) is 0. The normalized spacial score (nSPS) is 20.6. The molecule has 3 aromatic heterocycles. The summed E-state index contributed by atoms with van der Waals surface area (Å²) in [7, 11) is 0. The van der Waals surface area contributed by atoms with Crippen LogP contribution in [0.25, 0.3) is 22.6 Å². The largest absolute Gasteiger partial charge is 0.394 e. The monoisotopic (exact) mass is 343 g/mol. The van der Waals surface area contributed by atoms with E-state index in [9.17, 15) is 5.11 Å². The molecule has 1 aliphatic heterocycles. The van der Waals surface area contributed by atoms with Crippen molar-refractivity contribution in [2.24, 2.45) is 0 Å². The van der Waals surface area contributed by atoms with Gasteiger partial charge in [0.25, 0.3) is 0 Å². The van der Waals surface area contributed by atoms with E-state index in [1.54, 1.807) is 12.5 Å². The maximum absolute atomic E-state index is 9.27. The average Bonchev–Trinajstić information content (AvgIpc) is 3.33. The fourth-order valence-electron chi connectivity index (χ4n) is 3.13. The van der Waals surface area contributed by atoms with E-state index >= 15 is 0 Å². The van der Waals surface area contributed by atoms with E-state index < -0.39 is 0 Å². The minimum atomic E-state index is -0.202. The number of anilines is 1. The predicted octanol–water partition coefficient (Wildman–Crippen LogP) is 1.35. The van der Waals surface area contributed by atoms with Crippen LogP contribution < -0.4 is 5.73 Å². The minimum absolute atomic E-state index is 0.0160. The number of nitrogens with two attached hydrogens (primary N) is 1. The van der Waals surface area contributed by atoms with Crippen molar-refractivity contribution >= 4 is 17.0 Å². The molecule has 0 aromatic carbocycles. The molecule has 0 spiro atoms. The maximum Gasteiger partial charge on any atom is 0.168 e. The van der Waals surface area contributed by atoms with E-state index in [1.165, 1.54) is 0 Å². The Morgan fingerprint density at radius 3 is 3.00 bits per heavy atom. The van der Waals surface area contributed by atoms with Gasteiger partial charge in [-0.15, -0.1) is 0 Å². The van der Waals surface area contributed by atoms with Crippen molar-refractivity contribution in [3.05, 3.63) is 18.7 Å². The fraction of sp³-hybridized carbons (Fsp3) is 0.500. The second kappa shape index (κ2) is 6.41. The zero-order chi connectivity index (χ0) is 17.4. The van der Waals surface area contributed by atoms with Gasteiger partial charge in [-0.3, -0.25) is 9.25 Å². The lowest BCUT2D eigenvalue weighted by molar-refractivity contribution is -0.0207. The first-order valence-corrected chi connectivity index (χ1v) is 8.48. The third kappa shape index (κ3) is 2.85. The Labute approximate surface area is 144 Å². The van der Waals surface area contributed by atoms with E-state index in [1.807, 2.05) is 15.4 Å². The highest BCUT2D eigenvalue weighted by Crippen LogP contribution is 2.31. The molecule has 0 saturated carbocycles. The van der Waals surface area contributed by atoms with Gasteiger partial charge in [0.2, 0.25) is 0 Å². The molecule has 0 radical (unpaired) electrons. The number of hydrogen-bond acceptors (Lipinski definition) is 7. The van der Waals surface area contributed by atoms with E-state index in [0.717, 1.165) is 31.4 Å². The molecule has 25 heavy (non-hydrogen) atoms. The number of nitrogens with zero attached hydrogens (tertiary/aromatic N) is 6. The van der Waals surface area contributed by atoms with Gasteiger partial charge in [0.1, 0.15) is 11.7 Å². The second-order valence-electron chi connectivity index (χ2n) is 6.22. The van der Waals surface area contributed by atoms with Crippen molar-refractivity contribution in [2.45, 2.75) is 45.1 Å². The maximum atomic E-state index is 9.27. The van der Waals surface area contributed by atoms with Gasteiger partial charge in [-0.05, 0) is 19.3 Å². The summed E-state index contributed by atoms with van der Waals surface area (Å²) in [5, 5.41) is 13.6. The van der Waals surface area contributed by atoms with Gasteiger partial charge in [-0.25, -0.2) is 15.0 Å². The Bertz CT molecular complexity index is 888. The molecule has 1 saturated heterocycles. The first kappa shape index (κ1) is 16.0. The number of aliphatic hydroxyl groups excluding tert-OH is 1. The number of aromatic nitrogens is 6. The van der Waals surface area contributed by atoms with Crippen molar-refractivity contribution in [1.29, 1.82) is 0 Å². The third-order valence-corrected chi connectivity index (χ3v) is 4.39. The first-order valence-electron chi connectivity index (χ1n) is 8.48. The molecule has 9 heteroatoms. The lowest BCUT2D eigenvalue weighted by Crippen LogP contribution is -2.14. The van der Waals surface area contributed by atoms with Gasteiger partial charge in [0.15, 0.2) is 17.3 Å². The van der Waals surface area contributed by atoms with Crippen molar-refractivity contribution in [2.75, 3.05) is 12.3 Å². The van der Waals surface area contributed by atoms with Crippen LogP contribution in [-0.2, 0) is 11.3 Å². The highest BCUT2D eigenvalue weighted by Gasteiger charge is 2.28. The topological polar surface area (TPSA) is 117 Å². The molecular weight excluding hydrogens is 322 g/mol. The number of ether oxygens (including phenoxy) is 1. The van der Waals surface area contributed by atoms with Crippen molar-refractivity contribution < 1.29 is 9.84 Å². The van der Waals surface area contributed by atoms with Gasteiger partial charge >= 0.3 is 0 Å². The quantitative estimate of drug-likeness (QED) is 0.718. The molecule has 3 N–H and O–H groups in total. The van der Waals surface area contributed by atoms with Crippen LogP contribution in [0.5, 0.6) is 0 Å².